The van der Waals surface area contributed by atoms with E-state index in [4.69, 9.17) is 15.2 Å². The van der Waals surface area contributed by atoms with Crippen LogP contribution in [0.15, 0.2) is 0 Å². The van der Waals surface area contributed by atoms with E-state index < -0.39 is 0 Å². The zero-order chi connectivity index (χ0) is 12.7. The summed E-state index contributed by atoms with van der Waals surface area (Å²) in [4.78, 5) is 11.1. The van der Waals surface area contributed by atoms with Crippen molar-refractivity contribution >= 4 is 6.09 Å². The molecule has 1 aliphatic carbocycles. The first-order valence-electron chi connectivity index (χ1n) is 6.39. The minimum absolute atomic E-state index is 0.0873. The van der Waals surface area contributed by atoms with Gasteiger partial charge in [-0.15, -0.1) is 0 Å². The predicted molar refractivity (Wildman–Crippen MR) is 65.8 cm³/mol. The van der Waals surface area contributed by atoms with Gasteiger partial charge in [-0.2, -0.15) is 0 Å². The van der Waals surface area contributed by atoms with Gasteiger partial charge >= 0.3 is 6.09 Å². The molecular formula is C12H24N2O3. The molecule has 0 radical (unpaired) electrons. The van der Waals surface area contributed by atoms with Gasteiger partial charge < -0.3 is 20.5 Å². The first-order chi connectivity index (χ1) is 8.08. The van der Waals surface area contributed by atoms with Crippen LogP contribution in [-0.2, 0) is 9.47 Å². The van der Waals surface area contributed by atoms with Gasteiger partial charge in [-0.05, 0) is 39.5 Å². The Labute approximate surface area is 103 Å². The van der Waals surface area contributed by atoms with Crippen molar-refractivity contribution in [3.63, 3.8) is 0 Å². The van der Waals surface area contributed by atoms with E-state index in [9.17, 15) is 4.79 Å². The Balaban J connectivity index is 1.99. The van der Waals surface area contributed by atoms with Gasteiger partial charge in [0.15, 0.2) is 0 Å². The molecule has 1 saturated carbocycles. The van der Waals surface area contributed by atoms with Crippen molar-refractivity contribution in [2.45, 2.75) is 57.8 Å². The number of hydrogen-bond donors (Lipinski definition) is 2. The van der Waals surface area contributed by atoms with E-state index >= 15 is 0 Å². The zero-order valence-corrected chi connectivity index (χ0v) is 10.8. The van der Waals surface area contributed by atoms with Crippen LogP contribution in [0.4, 0.5) is 4.79 Å². The number of nitrogens with one attached hydrogen (secondary N) is 1. The second-order valence-corrected chi connectivity index (χ2v) is 4.79. The van der Waals surface area contributed by atoms with Crippen molar-refractivity contribution < 1.29 is 14.3 Å². The third-order valence-electron chi connectivity index (χ3n) is 2.79. The summed E-state index contributed by atoms with van der Waals surface area (Å²) < 4.78 is 10.6. The third kappa shape index (κ3) is 6.48. The first kappa shape index (κ1) is 14.3. The Hall–Kier alpha value is -0.810. The molecule has 0 atom stereocenters. The fraction of sp³-hybridized carbons (Fsp3) is 0.917. The highest BCUT2D eigenvalue weighted by molar-refractivity contribution is 5.67. The van der Waals surface area contributed by atoms with Crippen LogP contribution in [0.1, 0.15) is 39.5 Å². The summed E-state index contributed by atoms with van der Waals surface area (Å²) in [6, 6.07) is 0.342. The topological polar surface area (TPSA) is 73.6 Å². The molecule has 1 rings (SSSR count). The lowest BCUT2D eigenvalue weighted by Gasteiger charge is -2.26. The minimum Gasteiger partial charge on any atom is -0.447 e. The predicted octanol–water partition coefficient (Wildman–Crippen LogP) is 1.41. The van der Waals surface area contributed by atoms with E-state index in [1.807, 2.05) is 13.8 Å². The Bertz CT molecular complexity index is 226. The molecule has 1 amide bonds. The maximum Gasteiger partial charge on any atom is 0.407 e. The van der Waals surface area contributed by atoms with Crippen LogP contribution in [0.3, 0.4) is 0 Å². The molecule has 0 unspecified atom stereocenters. The smallest absolute Gasteiger partial charge is 0.407 e. The van der Waals surface area contributed by atoms with Crippen molar-refractivity contribution in [3.8, 4) is 0 Å². The summed E-state index contributed by atoms with van der Waals surface area (Å²) in [6.45, 7) is 4.67. The Morgan fingerprint density at radius 2 is 2.00 bits per heavy atom. The maximum absolute atomic E-state index is 11.1. The second-order valence-electron chi connectivity index (χ2n) is 4.79. The van der Waals surface area contributed by atoms with Gasteiger partial charge in [-0.1, -0.05) is 0 Å². The van der Waals surface area contributed by atoms with Gasteiger partial charge in [0.05, 0.1) is 18.8 Å². The fourth-order valence-corrected chi connectivity index (χ4v) is 1.89. The summed E-state index contributed by atoms with van der Waals surface area (Å²) in [6.07, 6.45) is 3.96. The highest BCUT2D eigenvalue weighted by Crippen LogP contribution is 2.19. The molecule has 0 aromatic carbocycles. The Morgan fingerprint density at radius 1 is 1.35 bits per heavy atom. The zero-order valence-electron chi connectivity index (χ0n) is 10.8. The number of carbonyl (C=O) groups is 1. The highest BCUT2D eigenvalue weighted by Gasteiger charge is 2.18. The van der Waals surface area contributed by atoms with Gasteiger partial charge in [0, 0.05) is 12.6 Å². The van der Waals surface area contributed by atoms with E-state index in [1.165, 1.54) is 0 Å². The average molecular weight is 244 g/mol. The second kappa shape index (κ2) is 7.50. The van der Waals surface area contributed by atoms with Gasteiger partial charge in [0.25, 0.3) is 0 Å². The number of rotatable bonds is 5. The van der Waals surface area contributed by atoms with Crippen LogP contribution in [0, 0.1) is 0 Å². The highest BCUT2D eigenvalue weighted by atomic mass is 16.6. The molecule has 17 heavy (non-hydrogen) atoms. The molecule has 5 nitrogen and oxygen atoms in total. The molecule has 0 bridgehead atoms. The van der Waals surface area contributed by atoms with Crippen molar-refractivity contribution in [2.24, 2.45) is 5.73 Å². The molecule has 0 heterocycles. The van der Waals surface area contributed by atoms with Crippen molar-refractivity contribution in [3.05, 3.63) is 0 Å². The van der Waals surface area contributed by atoms with Gasteiger partial charge in [0.2, 0.25) is 0 Å². The lowest BCUT2D eigenvalue weighted by Crippen LogP contribution is -2.33. The fourth-order valence-electron chi connectivity index (χ4n) is 1.89. The van der Waals surface area contributed by atoms with E-state index in [0.29, 0.717) is 25.3 Å². The molecule has 0 spiro atoms. The Kier molecular flexibility index (Phi) is 6.29. The molecule has 0 saturated heterocycles. The standard InChI is InChI=1S/C12H24N2O3/c1-9(2)17-12(15)14-7-8-16-11-5-3-10(13)4-6-11/h9-11H,3-8,13H2,1-2H3,(H,14,15). The SMILES string of the molecule is CC(C)OC(=O)NCCOC1CCC(N)CC1. The Morgan fingerprint density at radius 3 is 2.59 bits per heavy atom. The lowest BCUT2D eigenvalue weighted by atomic mass is 9.94. The van der Waals surface area contributed by atoms with Crippen LogP contribution in [0.5, 0.6) is 0 Å². The summed E-state index contributed by atoms with van der Waals surface area (Å²) in [5.41, 5.74) is 5.81. The number of amides is 1. The summed E-state index contributed by atoms with van der Waals surface area (Å²) in [5, 5.41) is 2.65. The van der Waals surface area contributed by atoms with Crippen molar-refractivity contribution in [1.82, 2.24) is 5.32 Å². The molecule has 3 N–H and O–H groups in total. The third-order valence-corrected chi connectivity index (χ3v) is 2.79. The number of carbonyl (C=O) groups excluding carboxylic acids is 1. The number of nitrogens with two attached hydrogens (primary N) is 1. The van der Waals surface area contributed by atoms with Crippen molar-refractivity contribution in [2.75, 3.05) is 13.2 Å². The number of hydrogen-bond acceptors (Lipinski definition) is 4. The quantitative estimate of drug-likeness (QED) is 0.717. The molecule has 100 valence electrons. The maximum atomic E-state index is 11.1. The number of alkyl carbamates (subject to hydrolysis) is 1. The van der Waals surface area contributed by atoms with E-state index in [2.05, 4.69) is 5.32 Å². The van der Waals surface area contributed by atoms with Crippen LogP contribution in [0.25, 0.3) is 0 Å². The van der Waals surface area contributed by atoms with E-state index in [1.54, 1.807) is 0 Å². The first-order valence-corrected chi connectivity index (χ1v) is 6.39. The van der Waals surface area contributed by atoms with Crippen molar-refractivity contribution in [1.29, 1.82) is 0 Å². The van der Waals surface area contributed by atoms with Gasteiger partial charge in [0.1, 0.15) is 0 Å². The largest absolute Gasteiger partial charge is 0.447 e. The van der Waals surface area contributed by atoms with E-state index in [-0.39, 0.29) is 12.2 Å². The van der Waals surface area contributed by atoms with Gasteiger partial charge in [-0.25, -0.2) is 4.79 Å². The lowest BCUT2D eigenvalue weighted by molar-refractivity contribution is 0.0259. The summed E-state index contributed by atoms with van der Waals surface area (Å²) >= 11 is 0. The molecule has 0 aliphatic heterocycles. The molecule has 5 heteroatoms. The van der Waals surface area contributed by atoms with Crippen LogP contribution in [0.2, 0.25) is 0 Å². The molecule has 1 aliphatic rings. The molecular weight excluding hydrogens is 220 g/mol. The molecule has 1 fully saturated rings. The summed E-state index contributed by atoms with van der Waals surface area (Å²) in [7, 11) is 0. The van der Waals surface area contributed by atoms with Gasteiger partial charge in [-0.3, -0.25) is 0 Å². The molecule has 0 aromatic heterocycles. The minimum atomic E-state index is -0.380. The number of ether oxygens (including phenoxy) is 2. The van der Waals surface area contributed by atoms with Crippen LogP contribution in [-0.4, -0.2) is 37.5 Å². The average Bonchev–Trinajstić information content (AvgIpc) is 2.26. The van der Waals surface area contributed by atoms with Crippen LogP contribution < -0.4 is 11.1 Å². The summed E-state index contributed by atoms with van der Waals surface area (Å²) in [5.74, 6) is 0. The van der Waals surface area contributed by atoms with E-state index in [0.717, 1.165) is 25.7 Å². The normalized spacial score (nSPS) is 24.7. The molecule has 0 aromatic rings. The monoisotopic (exact) mass is 244 g/mol. The van der Waals surface area contributed by atoms with Crippen LogP contribution >= 0.6 is 0 Å².